The Morgan fingerprint density at radius 1 is 1.38 bits per heavy atom. The predicted octanol–water partition coefficient (Wildman–Crippen LogP) is 3.92. The molecule has 0 aliphatic carbocycles. The van der Waals surface area contributed by atoms with Gasteiger partial charge in [-0.15, -0.1) is 11.6 Å². The van der Waals surface area contributed by atoms with E-state index >= 15 is 0 Å². The maximum atomic E-state index is 13.6. The van der Waals surface area contributed by atoms with Crippen molar-refractivity contribution in [1.82, 2.24) is 4.98 Å². The van der Waals surface area contributed by atoms with Crippen molar-refractivity contribution >= 4 is 11.6 Å². The summed E-state index contributed by atoms with van der Waals surface area (Å²) < 4.78 is 18.9. The normalized spacial score (nSPS) is 10.4. The van der Waals surface area contributed by atoms with Gasteiger partial charge in [-0.3, -0.25) is 0 Å². The minimum absolute atomic E-state index is 0.0645. The molecule has 0 radical (unpaired) electrons. The van der Waals surface area contributed by atoms with Crippen LogP contribution in [0.25, 0.3) is 0 Å². The number of rotatable bonds is 7. The van der Waals surface area contributed by atoms with E-state index in [9.17, 15) is 4.39 Å². The lowest BCUT2D eigenvalue weighted by Gasteiger charge is -2.07. The van der Waals surface area contributed by atoms with Crippen LogP contribution in [0.2, 0.25) is 0 Å². The van der Waals surface area contributed by atoms with Crippen LogP contribution in [-0.2, 0) is 5.88 Å². The van der Waals surface area contributed by atoms with Gasteiger partial charge in [0.15, 0.2) is 5.82 Å². The minimum atomic E-state index is -0.437. The first kappa shape index (κ1) is 13.2. The van der Waals surface area contributed by atoms with E-state index in [4.69, 9.17) is 16.3 Å². The molecule has 0 aromatic carbocycles. The van der Waals surface area contributed by atoms with Crippen LogP contribution in [0.5, 0.6) is 5.88 Å². The van der Waals surface area contributed by atoms with E-state index in [1.54, 1.807) is 6.07 Å². The summed E-state index contributed by atoms with van der Waals surface area (Å²) >= 11 is 5.58. The maximum absolute atomic E-state index is 13.6. The first-order valence-corrected chi connectivity index (χ1v) is 6.15. The highest BCUT2D eigenvalue weighted by molar-refractivity contribution is 6.17. The molecule has 2 nitrogen and oxygen atoms in total. The first-order chi connectivity index (χ1) is 7.79. The molecule has 0 amide bonds. The summed E-state index contributed by atoms with van der Waals surface area (Å²) in [5, 5.41) is 0. The number of aromatic nitrogens is 1. The molecule has 0 saturated carbocycles. The Kier molecular flexibility index (Phi) is 6.16. The summed E-state index contributed by atoms with van der Waals surface area (Å²) in [4.78, 5) is 3.85. The highest BCUT2D eigenvalue weighted by Gasteiger charge is 2.09. The summed E-state index contributed by atoms with van der Waals surface area (Å²) in [5.41, 5.74) is 0.431. The molecule has 0 bridgehead atoms. The van der Waals surface area contributed by atoms with E-state index < -0.39 is 5.82 Å². The lowest BCUT2D eigenvalue weighted by atomic mass is 10.2. The number of ether oxygens (including phenoxy) is 1. The van der Waals surface area contributed by atoms with E-state index in [2.05, 4.69) is 11.9 Å². The largest absolute Gasteiger partial charge is 0.476 e. The van der Waals surface area contributed by atoms with Gasteiger partial charge < -0.3 is 4.74 Å². The highest BCUT2D eigenvalue weighted by Crippen LogP contribution is 2.19. The van der Waals surface area contributed by atoms with E-state index in [-0.39, 0.29) is 11.8 Å². The molecule has 0 unspecified atom stereocenters. The average Bonchev–Trinajstić information content (AvgIpc) is 2.31. The van der Waals surface area contributed by atoms with Gasteiger partial charge >= 0.3 is 0 Å². The molecule has 0 atom stereocenters. The van der Waals surface area contributed by atoms with Gasteiger partial charge in [0.2, 0.25) is 0 Å². The zero-order valence-corrected chi connectivity index (χ0v) is 10.3. The number of alkyl halides is 1. The maximum Gasteiger partial charge on any atom is 0.250 e. The van der Waals surface area contributed by atoms with Gasteiger partial charge in [-0.2, -0.15) is 0 Å². The van der Waals surface area contributed by atoms with E-state index in [0.29, 0.717) is 12.2 Å². The summed E-state index contributed by atoms with van der Waals surface area (Å²) in [6, 6.07) is 1.56. The zero-order valence-electron chi connectivity index (χ0n) is 9.51. The Labute approximate surface area is 101 Å². The van der Waals surface area contributed by atoms with Crippen LogP contribution < -0.4 is 4.74 Å². The van der Waals surface area contributed by atoms with Crippen molar-refractivity contribution in [3.8, 4) is 5.88 Å². The summed E-state index contributed by atoms with van der Waals surface area (Å²) in [6.07, 6.45) is 5.91. The molecule has 0 N–H and O–H groups in total. The molecule has 16 heavy (non-hydrogen) atoms. The lowest BCUT2D eigenvalue weighted by molar-refractivity contribution is 0.277. The number of nitrogens with zero attached hydrogens (tertiary/aromatic N) is 1. The molecule has 0 aliphatic rings. The van der Waals surface area contributed by atoms with Crippen molar-refractivity contribution in [2.24, 2.45) is 0 Å². The molecule has 0 spiro atoms. The number of hydrogen-bond acceptors (Lipinski definition) is 2. The van der Waals surface area contributed by atoms with Crippen molar-refractivity contribution in [2.45, 2.75) is 38.5 Å². The first-order valence-electron chi connectivity index (χ1n) is 5.61. The van der Waals surface area contributed by atoms with Crippen molar-refractivity contribution in [3.63, 3.8) is 0 Å². The van der Waals surface area contributed by atoms with Gasteiger partial charge in [-0.1, -0.05) is 26.2 Å². The molecular weight excluding hydrogens is 229 g/mol. The van der Waals surface area contributed by atoms with Crippen molar-refractivity contribution in [2.75, 3.05) is 6.61 Å². The highest BCUT2D eigenvalue weighted by atomic mass is 35.5. The molecular formula is C12H17ClFNO. The van der Waals surface area contributed by atoms with E-state index in [1.807, 2.05) is 0 Å². The Hall–Kier alpha value is -0.830. The van der Waals surface area contributed by atoms with Crippen LogP contribution in [0.3, 0.4) is 0 Å². The standard InChI is InChI=1S/C12H17ClFNO/c1-2-3-4-5-8-16-12-11(14)10(9-13)6-7-15-12/h6-7H,2-5,8-9H2,1H3. The van der Waals surface area contributed by atoms with Gasteiger partial charge in [0.1, 0.15) is 0 Å². The second-order valence-electron chi connectivity index (χ2n) is 3.63. The molecule has 90 valence electrons. The smallest absolute Gasteiger partial charge is 0.250 e. The van der Waals surface area contributed by atoms with Crippen LogP contribution in [0.1, 0.15) is 38.2 Å². The Bertz CT molecular complexity index is 320. The predicted molar refractivity (Wildman–Crippen MR) is 63.4 cm³/mol. The molecule has 1 aromatic heterocycles. The van der Waals surface area contributed by atoms with Crippen molar-refractivity contribution < 1.29 is 9.13 Å². The van der Waals surface area contributed by atoms with Gasteiger partial charge in [0, 0.05) is 11.8 Å². The van der Waals surface area contributed by atoms with Gasteiger partial charge in [0.25, 0.3) is 5.88 Å². The second kappa shape index (κ2) is 7.44. The quantitative estimate of drug-likeness (QED) is 0.537. The Morgan fingerprint density at radius 2 is 2.19 bits per heavy atom. The van der Waals surface area contributed by atoms with Crippen LogP contribution in [0, 0.1) is 5.82 Å². The molecule has 1 heterocycles. The fraction of sp³-hybridized carbons (Fsp3) is 0.583. The van der Waals surface area contributed by atoms with Crippen LogP contribution in [0.4, 0.5) is 4.39 Å². The monoisotopic (exact) mass is 245 g/mol. The number of pyridine rings is 1. The summed E-state index contributed by atoms with van der Waals surface area (Å²) in [5.74, 6) is -0.233. The SMILES string of the molecule is CCCCCCOc1nccc(CCl)c1F. The minimum Gasteiger partial charge on any atom is -0.476 e. The van der Waals surface area contributed by atoms with E-state index in [0.717, 1.165) is 12.8 Å². The fourth-order valence-corrected chi connectivity index (χ4v) is 1.57. The number of hydrogen-bond donors (Lipinski definition) is 0. The van der Waals surface area contributed by atoms with Gasteiger partial charge in [-0.05, 0) is 12.5 Å². The summed E-state index contributed by atoms with van der Waals surface area (Å²) in [6.45, 7) is 2.65. The third kappa shape index (κ3) is 3.97. The lowest BCUT2D eigenvalue weighted by Crippen LogP contribution is -2.02. The zero-order chi connectivity index (χ0) is 11.8. The topological polar surface area (TPSA) is 22.1 Å². The van der Waals surface area contributed by atoms with Gasteiger partial charge in [-0.25, -0.2) is 9.37 Å². The second-order valence-corrected chi connectivity index (χ2v) is 3.90. The molecule has 0 aliphatic heterocycles. The molecule has 4 heteroatoms. The van der Waals surface area contributed by atoms with Crippen LogP contribution in [0.15, 0.2) is 12.3 Å². The molecule has 1 aromatic rings. The summed E-state index contributed by atoms with van der Waals surface area (Å²) in [7, 11) is 0. The average molecular weight is 246 g/mol. The van der Waals surface area contributed by atoms with Crippen LogP contribution in [-0.4, -0.2) is 11.6 Å². The fourth-order valence-electron chi connectivity index (χ4n) is 1.36. The van der Waals surface area contributed by atoms with Crippen LogP contribution >= 0.6 is 11.6 Å². The van der Waals surface area contributed by atoms with Crippen molar-refractivity contribution in [1.29, 1.82) is 0 Å². The number of unbranched alkanes of at least 4 members (excludes halogenated alkanes) is 3. The molecule has 0 fully saturated rings. The Balaban J connectivity index is 2.41. The van der Waals surface area contributed by atoms with E-state index in [1.165, 1.54) is 19.0 Å². The number of halogens is 2. The third-order valence-electron chi connectivity index (χ3n) is 2.32. The molecule has 0 saturated heterocycles. The van der Waals surface area contributed by atoms with Crippen molar-refractivity contribution in [3.05, 3.63) is 23.6 Å². The Morgan fingerprint density at radius 3 is 2.88 bits per heavy atom. The third-order valence-corrected chi connectivity index (χ3v) is 2.61. The molecule has 1 rings (SSSR count). The van der Waals surface area contributed by atoms with Gasteiger partial charge in [0.05, 0.1) is 12.5 Å².